The lowest BCUT2D eigenvalue weighted by atomic mass is 10.3. The summed E-state index contributed by atoms with van der Waals surface area (Å²) in [7, 11) is 1.92. The van der Waals surface area contributed by atoms with Gasteiger partial charge in [-0.05, 0) is 25.5 Å². The second-order valence-corrected chi connectivity index (χ2v) is 3.42. The van der Waals surface area contributed by atoms with Gasteiger partial charge in [0.05, 0.1) is 6.10 Å². The molecule has 3 nitrogen and oxygen atoms in total. The van der Waals surface area contributed by atoms with Crippen molar-refractivity contribution >= 4 is 5.82 Å². The topological polar surface area (TPSA) is 36.4 Å². The van der Waals surface area contributed by atoms with E-state index in [1.54, 1.807) is 6.92 Å². The Bertz CT molecular complexity index is 256. The Morgan fingerprint density at radius 3 is 2.69 bits per heavy atom. The Morgan fingerprint density at radius 1 is 1.54 bits per heavy atom. The van der Waals surface area contributed by atoms with E-state index < -0.39 is 0 Å². The van der Waals surface area contributed by atoms with E-state index in [4.69, 9.17) is 5.11 Å². The first kappa shape index (κ1) is 9.99. The monoisotopic (exact) mass is 180 g/mol. The van der Waals surface area contributed by atoms with Crippen molar-refractivity contribution in [3.8, 4) is 0 Å². The standard InChI is InChI=1S/C10H16N2O/c1-8-4-5-10(11-6-8)12(3)7-9(2)13/h4-6,9,13H,7H2,1-3H3/t9-/m0/s1. The zero-order valence-electron chi connectivity index (χ0n) is 8.36. The van der Waals surface area contributed by atoms with Crippen LogP contribution in [0.2, 0.25) is 0 Å². The molecule has 0 radical (unpaired) electrons. The number of likely N-dealkylation sites (N-methyl/N-ethyl adjacent to an activating group) is 1. The molecule has 1 heterocycles. The van der Waals surface area contributed by atoms with Gasteiger partial charge in [0.25, 0.3) is 0 Å². The van der Waals surface area contributed by atoms with Crippen molar-refractivity contribution in [2.75, 3.05) is 18.5 Å². The van der Waals surface area contributed by atoms with Gasteiger partial charge in [-0.2, -0.15) is 0 Å². The SMILES string of the molecule is Cc1ccc(N(C)C[C@H](C)O)nc1. The van der Waals surface area contributed by atoms with Crippen molar-refractivity contribution in [1.82, 2.24) is 4.98 Å². The Kier molecular flexibility index (Phi) is 3.25. The number of rotatable bonds is 3. The van der Waals surface area contributed by atoms with E-state index in [0.29, 0.717) is 6.54 Å². The van der Waals surface area contributed by atoms with Crippen LogP contribution in [0.25, 0.3) is 0 Å². The normalized spacial score (nSPS) is 12.6. The largest absolute Gasteiger partial charge is 0.392 e. The van der Waals surface area contributed by atoms with Gasteiger partial charge in [0.15, 0.2) is 0 Å². The highest BCUT2D eigenvalue weighted by molar-refractivity contribution is 5.38. The van der Waals surface area contributed by atoms with Crippen molar-refractivity contribution < 1.29 is 5.11 Å². The van der Waals surface area contributed by atoms with Crippen molar-refractivity contribution in [3.63, 3.8) is 0 Å². The molecular weight excluding hydrogens is 164 g/mol. The number of aliphatic hydroxyl groups excluding tert-OH is 1. The van der Waals surface area contributed by atoms with E-state index in [9.17, 15) is 0 Å². The maximum Gasteiger partial charge on any atom is 0.128 e. The van der Waals surface area contributed by atoms with Gasteiger partial charge in [0.2, 0.25) is 0 Å². The molecule has 0 aliphatic rings. The molecule has 1 aromatic rings. The smallest absolute Gasteiger partial charge is 0.128 e. The van der Waals surface area contributed by atoms with Crippen LogP contribution < -0.4 is 4.90 Å². The number of aliphatic hydroxyl groups is 1. The third-order valence-electron chi connectivity index (χ3n) is 1.82. The molecule has 0 unspecified atom stereocenters. The summed E-state index contributed by atoms with van der Waals surface area (Å²) in [6.45, 7) is 4.38. The quantitative estimate of drug-likeness (QED) is 0.759. The predicted molar refractivity (Wildman–Crippen MR) is 53.9 cm³/mol. The molecule has 0 amide bonds. The van der Waals surface area contributed by atoms with Gasteiger partial charge < -0.3 is 10.0 Å². The molecule has 0 bridgehead atoms. The number of nitrogens with zero attached hydrogens (tertiary/aromatic N) is 2. The van der Waals surface area contributed by atoms with Gasteiger partial charge in [-0.1, -0.05) is 6.07 Å². The summed E-state index contributed by atoms with van der Waals surface area (Å²) in [5, 5.41) is 9.17. The zero-order chi connectivity index (χ0) is 9.84. The second kappa shape index (κ2) is 4.23. The number of pyridine rings is 1. The summed E-state index contributed by atoms with van der Waals surface area (Å²) >= 11 is 0. The molecule has 0 aliphatic heterocycles. The van der Waals surface area contributed by atoms with Crippen LogP contribution in [0, 0.1) is 6.92 Å². The second-order valence-electron chi connectivity index (χ2n) is 3.42. The van der Waals surface area contributed by atoms with Crippen LogP contribution in [-0.2, 0) is 0 Å². The van der Waals surface area contributed by atoms with Crippen LogP contribution in [0.5, 0.6) is 0 Å². The van der Waals surface area contributed by atoms with E-state index in [1.165, 1.54) is 0 Å². The van der Waals surface area contributed by atoms with Gasteiger partial charge >= 0.3 is 0 Å². The van der Waals surface area contributed by atoms with E-state index >= 15 is 0 Å². The Morgan fingerprint density at radius 2 is 2.23 bits per heavy atom. The number of hydrogen-bond donors (Lipinski definition) is 1. The van der Waals surface area contributed by atoms with Crippen LogP contribution in [0.3, 0.4) is 0 Å². The Balaban J connectivity index is 2.66. The molecule has 0 saturated carbocycles. The highest BCUT2D eigenvalue weighted by Gasteiger charge is 2.04. The lowest BCUT2D eigenvalue weighted by Crippen LogP contribution is -2.27. The molecule has 0 aliphatic carbocycles. The first-order valence-corrected chi connectivity index (χ1v) is 4.41. The maximum absolute atomic E-state index is 9.17. The molecule has 0 saturated heterocycles. The van der Waals surface area contributed by atoms with Crippen LogP contribution in [0.15, 0.2) is 18.3 Å². The Labute approximate surface area is 79.0 Å². The molecule has 72 valence electrons. The minimum Gasteiger partial charge on any atom is -0.392 e. The number of aryl methyl sites for hydroxylation is 1. The molecule has 1 aromatic heterocycles. The van der Waals surface area contributed by atoms with E-state index in [-0.39, 0.29) is 6.10 Å². The molecule has 3 heteroatoms. The lowest BCUT2D eigenvalue weighted by molar-refractivity contribution is 0.201. The van der Waals surface area contributed by atoms with Crippen LogP contribution in [-0.4, -0.2) is 29.8 Å². The summed E-state index contributed by atoms with van der Waals surface area (Å²) in [6, 6.07) is 3.97. The van der Waals surface area contributed by atoms with Crippen molar-refractivity contribution in [2.45, 2.75) is 20.0 Å². The van der Waals surface area contributed by atoms with Gasteiger partial charge in [-0.15, -0.1) is 0 Å². The predicted octanol–water partition coefficient (Wildman–Crippen LogP) is 1.21. The van der Waals surface area contributed by atoms with Crippen molar-refractivity contribution in [2.24, 2.45) is 0 Å². The van der Waals surface area contributed by atoms with Crippen LogP contribution in [0.1, 0.15) is 12.5 Å². The number of hydrogen-bond acceptors (Lipinski definition) is 3. The third kappa shape index (κ3) is 3.03. The summed E-state index contributed by atoms with van der Waals surface area (Å²) in [5.74, 6) is 0.895. The molecular formula is C10H16N2O. The van der Waals surface area contributed by atoms with E-state index in [2.05, 4.69) is 4.98 Å². The van der Waals surface area contributed by atoms with Crippen LogP contribution in [0.4, 0.5) is 5.82 Å². The Hall–Kier alpha value is -1.09. The third-order valence-corrected chi connectivity index (χ3v) is 1.82. The molecule has 0 aromatic carbocycles. The minimum atomic E-state index is -0.326. The highest BCUT2D eigenvalue weighted by atomic mass is 16.3. The van der Waals surface area contributed by atoms with Crippen molar-refractivity contribution in [1.29, 1.82) is 0 Å². The zero-order valence-corrected chi connectivity index (χ0v) is 8.36. The summed E-state index contributed by atoms with van der Waals surface area (Å²) < 4.78 is 0. The van der Waals surface area contributed by atoms with E-state index in [1.807, 2.05) is 37.2 Å². The van der Waals surface area contributed by atoms with Gasteiger partial charge in [0, 0.05) is 19.8 Å². The van der Waals surface area contributed by atoms with Gasteiger partial charge in [0.1, 0.15) is 5.82 Å². The van der Waals surface area contributed by atoms with E-state index in [0.717, 1.165) is 11.4 Å². The minimum absolute atomic E-state index is 0.326. The first-order chi connectivity index (χ1) is 6.09. The molecule has 0 fully saturated rings. The lowest BCUT2D eigenvalue weighted by Gasteiger charge is -2.19. The fourth-order valence-corrected chi connectivity index (χ4v) is 1.18. The molecule has 1 N–H and O–H groups in total. The number of aromatic nitrogens is 1. The van der Waals surface area contributed by atoms with Crippen molar-refractivity contribution in [3.05, 3.63) is 23.9 Å². The highest BCUT2D eigenvalue weighted by Crippen LogP contribution is 2.08. The van der Waals surface area contributed by atoms with Gasteiger partial charge in [-0.25, -0.2) is 4.98 Å². The molecule has 0 spiro atoms. The van der Waals surface area contributed by atoms with Crippen LogP contribution >= 0.6 is 0 Å². The molecule has 1 rings (SSSR count). The molecule has 1 atom stereocenters. The van der Waals surface area contributed by atoms with Gasteiger partial charge in [-0.3, -0.25) is 0 Å². The summed E-state index contributed by atoms with van der Waals surface area (Å²) in [4.78, 5) is 6.18. The summed E-state index contributed by atoms with van der Waals surface area (Å²) in [6.07, 6.45) is 1.50. The fourth-order valence-electron chi connectivity index (χ4n) is 1.18. The fraction of sp³-hybridized carbons (Fsp3) is 0.500. The average molecular weight is 180 g/mol. The maximum atomic E-state index is 9.17. The summed E-state index contributed by atoms with van der Waals surface area (Å²) in [5.41, 5.74) is 1.15. The number of anilines is 1. The first-order valence-electron chi connectivity index (χ1n) is 4.41. The molecule has 13 heavy (non-hydrogen) atoms. The average Bonchev–Trinajstić information content (AvgIpc) is 2.04.